The quantitative estimate of drug-likeness (QED) is 0.131. The molecule has 3 aromatic carbocycles. The molecule has 0 saturated heterocycles. The highest BCUT2D eigenvalue weighted by atomic mass is 32.2. The van der Waals surface area contributed by atoms with Gasteiger partial charge < -0.3 is 9.84 Å². The van der Waals surface area contributed by atoms with Crippen LogP contribution in [0.5, 0.6) is 5.75 Å². The molecular weight excluding hydrogens is 492 g/mol. The number of benzene rings is 3. The zero-order valence-corrected chi connectivity index (χ0v) is 23.0. The fourth-order valence-electron chi connectivity index (χ4n) is 4.58. The van der Waals surface area contributed by atoms with Gasteiger partial charge in [0.2, 0.25) is 0 Å². The van der Waals surface area contributed by atoms with Crippen LogP contribution in [0.1, 0.15) is 51.9 Å². The lowest BCUT2D eigenvalue weighted by atomic mass is 10.0. The van der Waals surface area contributed by atoms with Crippen LogP contribution in [0.25, 0.3) is 28.2 Å². The number of hydrogen-bond donors (Lipinski definition) is 1. The van der Waals surface area contributed by atoms with Crippen LogP contribution in [0, 0.1) is 0 Å². The van der Waals surface area contributed by atoms with Gasteiger partial charge in [-0.3, -0.25) is 9.36 Å². The van der Waals surface area contributed by atoms with E-state index in [1.165, 1.54) is 31.0 Å². The molecule has 4 rings (SSSR count). The molecule has 0 amide bonds. The topological polar surface area (TPSA) is 64.4 Å². The SMILES string of the molecule is CCCCCCCCC(Sc1nc(-c2ccccc2)c(-c2ccccc2)n1-c1ccc(OC)cc1)C(=O)O. The Kier molecular flexibility index (Phi) is 10.0. The van der Waals surface area contributed by atoms with Crippen LogP contribution < -0.4 is 4.74 Å². The number of thioether (sulfide) groups is 1. The lowest BCUT2D eigenvalue weighted by Crippen LogP contribution is -2.17. The third kappa shape index (κ3) is 6.87. The molecule has 0 aliphatic carbocycles. The van der Waals surface area contributed by atoms with Crippen molar-refractivity contribution in [3.8, 4) is 34.0 Å². The standard InChI is InChI=1S/C32H36N2O3S/c1-3-4-5-6-7-14-19-28(31(35)36)38-32-33-29(24-15-10-8-11-16-24)30(25-17-12-9-13-18-25)34(32)26-20-22-27(37-2)23-21-26/h8-13,15-18,20-23,28H,3-7,14,19H2,1-2H3,(H,35,36). The van der Waals surface area contributed by atoms with Gasteiger partial charge in [0.25, 0.3) is 0 Å². The molecule has 1 N–H and O–H groups in total. The molecule has 1 atom stereocenters. The number of aromatic nitrogens is 2. The molecule has 0 radical (unpaired) electrons. The van der Waals surface area contributed by atoms with Crippen molar-refractivity contribution in [1.29, 1.82) is 0 Å². The summed E-state index contributed by atoms with van der Waals surface area (Å²) in [6, 6.07) is 28.1. The first-order chi connectivity index (χ1) is 18.6. The maximum atomic E-state index is 12.4. The molecule has 1 heterocycles. The van der Waals surface area contributed by atoms with Crippen molar-refractivity contribution >= 4 is 17.7 Å². The second-order valence-electron chi connectivity index (χ2n) is 9.36. The summed E-state index contributed by atoms with van der Waals surface area (Å²) in [5.74, 6) is -0.0329. The molecule has 0 spiro atoms. The fraction of sp³-hybridized carbons (Fsp3) is 0.312. The third-order valence-corrected chi connectivity index (χ3v) is 7.82. The molecule has 38 heavy (non-hydrogen) atoms. The Morgan fingerprint density at radius 3 is 2.08 bits per heavy atom. The zero-order chi connectivity index (χ0) is 26.7. The van der Waals surface area contributed by atoms with Gasteiger partial charge in [-0.15, -0.1) is 0 Å². The minimum absolute atomic E-state index is 0.576. The summed E-state index contributed by atoms with van der Waals surface area (Å²) in [4.78, 5) is 17.5. The number of hydrogen-bond acceptors (Lipinski definition) is 4. The first-order valence-corrected chi connectivity index (χ1v) is 14.3. The van der Waals surface area contributed by atoms with Crippen LogP contribution in [-0.2, 0) is 4.79 Å². The molecule has 6 heteroatoms. The average Bonchev–Trinajstić information content (AvgIpc) is 3.34. The Balaban J connectivity index is 1.78. The summed E-state index contributed by atoms with van der Waals surface area (Å²) in [7, 11) is 1.65. The predicted octanol–water partition coefficient (Wildman–Crippen LogP) is 8.51. The summed E-state index contributed by atoms with van der Waals surface area (Å²) < 4.78 is 7.49. The maximum Gasteiger partial charge on any atom is 0.317 e. The molecule has 5 nitrogen and oxygen atoms in total. The Hall–Kier alpha value is -3.51. The molecule has 1 aromatic heterocycles. The van der Waals surface area contributed by atoms with Gasteiger partial charge in [0.05, 0.1) is 18.5 Å². The minimum atomic E-state index is -0.796. The van der Waals surface area contributed by atoms with Crippen LogP contribution in [0.4, 0.5) is 0 Å². The van der Waals surface area contributed by atoms with Gasteiger partial charge in [0.1, 0.15) is 11.0 Å². The number of carboxylic acids is 1. The van der Waals surface area contributed by atoms with Gasteiger partial charge >= 0.3 is 5.97 Å². The fourth-order valence-corrected chi connectivity index (χ4v) is 5.67. The number of methoxy groups -OCH3 is 1. The van der Waals surface area contributed by atoms with Crippen molar-refractivity contribution in [3.05, 3.63) is 84.9 Å². The summed E-state index contributed by atoms with van der Waals surface area (Å²) >= 11 is 1.34. The Morgan fingerprint density at radius 2 is 1.47 bits per heavy atom. The lowest BCUT2D eigenvalue weighted by molar-refractivity contribution is -0.136. The van der Waals surface area contributed by atoms with E-state index in [4.69, 9.17) is 9.72 Å². The second-order valence-corrected chi connectivity index (χ2v) is 10.5. The van der Waals surface area contributed by atoms with E-state index in [1.807, 2.05) is 72.8 Å². The average molecular weight is 529 g/mol. The van der Waals surface area contributed by atoms with Crippen molar-refractivity contribution in [2.45, 2.75) is 62.3 Å². The highest BCUT2D eigenvalue weighted by Gasteiger charge is 2.27. The summed E-state index contributed by atoms with van der Waals surface area (Å²) in [5.41, 5.74) is 4.69. The molecular formula is C32H36N2O3S. The third-order valence-electron chi connectivity index (χ3n) is 6.61. The highest BCUT2D eigenvalue weighted by molar-refractivity contribution is 8.00. The van der Waals surface area contributed by atoms with Crippen molar-refractivity contribution in [1.82, 2.24) is 9.55 Å². The van der Waals surface area contributed by atoms with Gasteiger partial charge in [-0.25, -0.2) is 4.98 Å². The van der Waals surface area contributed by atoms with E-state index in [0.29, 0.717) is 11.6 Å². The van der Waals surface area contributed by atoms with Gasteiger partial charge in [-0.05, 0) is 30.7 Å². The largest absolute Gasteiger partial charge is 0.497 e. The zero-order valence-electron chi connectivity index (χ0n) is 22.2. The van der Waals surface area contributed by atoms with Gasteiger partial charge in [0, 0.05) is 16.8 Å². The van der Waals surface area contributed by atoms with E-state index >= 15 is 0 Å². The number of carboxylic acid groups (broad SMARTS) is 1. The first-order valence-electron chi connectivity index (χ1n) is 13.4. The van der Waals surface area contributed by atoms with Gasteiger partial charge in [-0.1, -0.05) is 118 Å². The van der Waals surface area contributed by atoms with E-state index in [-0.39, 0.29) is 0 Å². The smallest absolute Gasteiger partial charge is 0.317 e. The van der Waals surface area contributed by atoms with Crippen LogP contribution in [0.2, 0.25) is 0 Å². The molecule has 1 unspecified atom stereocenters. The molecule has 0 aliphatic heterocycles. The van der Waals surface area contributed by atoms with Gasteiger partial charge in [-0.2, -0.15) is 0 Å². The van der Waals surface area contributed by atoms with Crippen LogP contribution >= 0.6 is 11.8 Å². The summed E-state index contributed by atoms with van der Waals surface area (Å²) in [6.45, 7) is 2.20. The summed E-state index contributed by atoms with van der Waals surface area (Å²) in [6.07, 6.45) is 7.38. The molecule has 0 aliphatic rings. The van der Waals surface area contributed by atoms with Crippen LogP contribution in [-0.4, -0.2) is 33.0 Å². The number of ether oxygens (including phenoxy) is 1. The highest BCUT2D eigenvalue weighted by Crippen LogP contribution is 2.40. The van der Waals surface area contributed by atoms with Crippen molar-refractivity contribution in [2.75, 3.05) is 7.11 Å². The Bertz CT molecular complexity index is 1290. The second kappa shape index (κ2) is 13.9. The van der Waals surface area contributed by atoms with Crippen molar-refractivity contribution in [3.63, 3.8) is 0 Å². The normalized spacial score (nSPS) is 11.8. The number of aliphatic carboxylic acids is 1. The monoisotopic (exact) mass is 528 g/mol. The minimum Gasteiger partial charge on any atom is -0.497 e. The van der Waals surface area contributed by atoms with Crippen LogP contribution in [0.3, 0.4) is 0 Å². The number of rotatable bonds is 14. The van der Waals surface area contributed by atoms with E-state index in [2.05, 4.69) is 23.6 Å². The lowest BCUT2D eigenvalue weighted by Gasteiger charge is -2.16. The first kappa shape index (κ1) is 27.5. The Labute approximate surface area is 229 Å². The molecule has 0 saturated carbocycles. The molecule has 4 aromatic rings. The van der Waals surface area contributed by atoms with Crippen LogP contribution in [0.15, 0.2) is 90.1 Å². The number of unbranched alkanes of at least 4 members (excludes halogenated alkanes) is 5. The Morgan fingerprint density at radius 1 is 0.868 bits per heavy atom. The number of carbonyl (C=O) groups is 1. The molecule has 0 fully saturated rings. The number of nitrogens with zero attached hydrogens (tertiary/aromatic N) is 2. The van der Waals surface area contributed by atoms with E-state index in [1.54, 1.807) is 7.11 Å². The van der Waals surface area contributed by atoms with E-state index in [9.17, 15) is 9.90 Å². The molecule has 198 valence electrons. The van der Waals surface area contributed by atoms with E-state index in [0.717, 1.165) is 53.2 Å². The summed E-state index contributed by atoms with van der Waals surface area (Å²) in [5, 5.41) is 10.2. The predicted molar refractivity (Wildman–Crippen MR) is 156 cm³/mol. The van der Waals surface area contributed by atoms with Crippen molar-refractivity contribution < 1.29 is 14.6 Å². The van der Waals surface area contributed by atoms with Crippen molar-refractivity contribution in [2.24, 2.45) is 0 Å². The number of imidazole rings is 1. The van der Waals surface area contributed by atoms with E-state index < -0.39 is 11.2 Å². The maximum absolute atomic E-state index is 12.4. The molecule has 0 bridgehead atoms. The van der Waals surface area contributed by atoms with Gasteiger partial charge in [0.15, 0.2) is 5.16 Å².